The highest BCUT2D eigenvalue weighted by atomic mass is 16.5. The highest BCUT2D eigenvalue weighted by molar-refractivity contribution is 5.70. The second-order valence-electron chi connectivity index (χ2n) is 5.04. The smallest absolute Gasteiger partial charge is 0.309 e. The van der Waals surface area contributed by atoms with Crippen molar-refractivity contribution in [2.45, 2.75) is 52.2 Å². The van der Waals surface area contributed by atoms with E-state index in [2.05, 4.69) is 6.92 Å². The molecule has 4 heteroatoms. The summed E-state index contributed by atoms with van der Waals surface area (Å²) in [7, 11) is 0. The molecule has 17 heavy (non-hydrogen) atoms. The van der Waals surface area contributed by atoms with Crippen molar-refractivity contribution >= 4 is 12.3 Å². The van der Waals surface area contributed by atoms with E-state index in [1.54, 1.807) is 0 Å². The Labute approximate surface area is 102 Å². The van der Waals surface area contributed by atoms with Crippen molar-refractivity contribution in [2.24, 2.45) is 17.8 Å². The summed E-state index contributed by atoms with van der Waals surface area (Å²) in [4.78, 5) is 21.9. The number of carboxylic acids is 1. The first-order valence-corrected chi connectivity index (χ1v) is 6.34. The lowest BCUT2D eigenvalue weighted by Gasteiger charge is -2.38. The van der Waals surface area contributed by atoms with Crippen LogP contribution in [0, 0.1) is 17.8 Å². The van der Waals surface area contributed by atoms with Crippen LogP contribution >= 0.6 is 0 Å². The number of hydrogen-bond acceptors (Lipinski definition) is 3. The molecule has 0 amide bonds. The zero-order chi connectivity index (χ0) is 13.0. The Morgan fingerprint density at radius 3 is 2.65 bits per heavy atom. The normalized spacial score (nSPS) is 32.8. The van der Waals surface area contributed by atoms with Crippen LogP contribution in [0.25, 0.3) is 0 Å². The SMILES string of the molecule is CC[C@@H](C(=O)O)[C@H]1CC[C@H](C)[C@H]([C@H](C)C=O)O1. The fraction of sp³-hybridized carbons (Fsp3) is 0.846. The lowest BCUT2D eigenvalue weighted by atomic mass is 9.83. The first kappa shape index (κ1) is 14.2. The number of rotatable bonds is 5. The Morgan fingerprint density at radius 1 is 1.53 bits per heavy atom. The van der Waals surface area contributed by atoms with Gasteiger partial charge in [-0.15, -0.1) is 0 Å². The summed E-state index contributed by atoms with van der Waals surface area (Å²) < 4.78 is 5.85. The maximum absolute atomic E-state index is 11.1. The molecule has 1 aliphatic rings. The lowest BCUT2D eigenvalue weighted by molar-refractivity contribution is -0.161. The largest absolute Gasteiger partial charge is 0.481 e. The minimum Gasteiger partial charge on any atom is -0.481 e. The van der Waals surface area contributed by atoms with Gasteiger partial charge in [0.15, 0.2) is 0 Å². The third-order valence-corrected chi connectivity index (χ3v) is 3.74. The fourth-order valence-electron chi connectivity index (χ4n) is 2.61. The molecule has 4 nitrogen and oxygen atoms in total. The Hall–Kier alpha value is -0.900. The van der Waals surface area contributed by atoms with Gasteiger partial charge in [0.1, 0.15) is 6.29 Å². The number of carbonyl (C=O) groups excluding carboxylic acids is 1. The van der Waals surface area contributed by atoms with Gasteiger partial charge in [0.25, 0.3) is 0 Å². The number of ether oxygens (including phenoxy) is 1. The Bertz CT molecular complexity index is 277. The zero-order valence-corrected chi connectivity index (χ0v) is 10.8. The molecule has 1 saturated heterocycles. The van der Waals surface area contributed by atoms with E-state index in [9.17, 15) is 9.59 Å². The van der Waals surface area contributed by atoms with E-state index in [1.165, 1.54) is 0 Å². The second kappa shape index (κ2) is 6.15. The van der Waals surface area contributed by atoms with Crippen LogP contribution in [-0.4, -0.2) is 29.6 Å². The summed E-state index contributed by atoms with van der Waals surface area (Å²) in [5.74, 6) is -1.11. The quantitative estimate of drug-likeness (QED) is 0.750. The molecule has 0 aromatic rings. The third kappa shape index (κ3) is 3.28. The molecular weight excluding hydrogens is 220 g/mol. The summed E-state index contributed by atoms with van der Waals surface area (Å²) in [6.45, 7) is 5.75. The van der Waals surface area contributed by atoms with Crippen molar-refractivity contribution in [1.29, 1.82) is 0 Å². The van der Waals surface area contributed by atoms with Crippen LogP contribution in [0.3, 0.4) is 0 Å². The average Bonchev–Trinajstić information content (AvgIpc) is 2.30. The average molecular weight is 242 g/mol. The minimum absolute atomic E-state index is 0.139. The minimum atomic E-state index is -0.801. The molecule has 0 aromatic heterocycles. The van der Waals surface area contributed by atoms with Gasteiger partial charge in [-0.2, -0.15) is 0 Å². The molecule has 1 rings (SSSR count). The van der Waals surface area contributed by atoms with Gasteiger partial charge < -0.3 is 14.6 Å². The van der Waals surface area contributed by atoms with Crippen LogP contribution in [0.5, 0.6) is 0 Å². The summed E-state index contributed by atoms with van der Waals surface area (Å²) in [6.07, 6.45) is 2.77. The van der Waals surface area contributed by atoms with Crippen molar-refractivity contribution in [3.63, 3.8) is 0 Å². The molecule has 1 aliphatic heterocycles. The van der Waals surface area contributed by atoms with E-state index in [4.69, 9.17) is 9.84 Å². The number of carboxylic acid groups (broad SMARTS) is 1. The molecule has 0 saturated carbocycles. The molecule has 1 fully saturated rings. The van der Waals surface area contributed by atoms with Gasteiger partial charge in [-0.25, -0.2) is 0 Å². The van der Waals surface area contributed by atoms with Crippen LogP contribution in [0.2, 0.25) is 0 Å². The second-order valence-corrected chi connectivity index (χ2v) is 5.04. The van der Waals surface area contributed by atoms with Crippen LogP contribution < -0.4 is 0 Å². The van der Waals surface area contributed by atoms with Crippen LogP contribution in [0.1, 0.15) is 40.0 Å². The number of aliphatic carboxylic acids is 1. The van der Waals surface area contributed by atoms with Crippen molar-refractivity contribution in [3.05, 3.63) is 0 Å². The Morgan fingerprint density at radius 2 is 2.18 bits per heavy atom. The van der Waals surface area contributed by atoms with Crippen LogP contribution in [0.15, 0.2) is 0 Å². The third-order valence-electron chi connectivity index (χ3n) is 3.74. The molecule has 0 radical (unpaired) electrons. The van der Waals surface area contributed by atoms with Gasteiger partial charge in [0.05, 0.1) is 18.1 Å². The van der Waals surface area contributed by atoms with Gasteiger partial charge in [-0.05, 0) is 25.2 Å². The van der Waals surface area contributed by atoms with Gasteiger partial charge in [0.2, 0.25) is 0 Å². The molecule has 5 atom stereocenters. The van der Waals surface area contributed by atoms with E-state index in [-0.39, 0.29) is 18.1 Å². The van der Waals surface area contributed by atoms with Crippen molar-refractivity contribution in [1.82, 2.24) is 0 Å². The molecule has 0 aliphatic carbocycles. The first-order chi connectivity index (χ1) is 8.01. The topological polar surface area (TPSA) is 63.6 Å². The van der Waals surface area contributed by atoms with Crippen molar-refractivity contribution in [2.75, 3.05) is 0 Å². The molecule has 98 valence electrons. The predicted octanol–water partition coefficient (Wildman–Crippen LogP) is 2.12. The molecule has 0 bridgehead atoms. The van der Waals surface area contributed by atoms with Crippen molar-refractivity contribution < 1.29 is 19.4 Å². The molecule has 1 heterocycles. The van der Waals surface area contributed by atoms with E-state index in [0.29, 0.717) is 12.3 Å². The molecular formula is C13H22O4. The number of aldehydes is 1. The monoisotopic (exact) mass is 242 g/mol. The molecule has 0 spiro atoms. The van der Waals surface area contributed by atoms with Gasteiger partial charge in [0, 0.05) is 5.92 Å². The van der Waals surface area contributed by atoms with Crippen LogP contribution in [0.4, 0.5) is 0 Å². The van der Waals surface area contributed by atoms with E-state index in [1.807, 2.05) is 13.8 Å². The molecule has 1 N–H and O–H groups in total. The standard InChI is InChI=1S/C13H22O4/c1-4-10(13(15)16)11-6-5-8(2)12(17-11)9(3)7-14/h7-12H,4-6H2,1-3H3,(H,15,16)/t8-,9+,10+,11+,12+/m0/s1. The van der Waals surface area contributed by atoms with E-state index < -0.39 is 11.9 Å². The van der Waals surface area contributed by atoms with E-state index >= 15 is 0 Å². The zero-order valence-electron chi connectivity index (χ0n) is 10.8. The maximum atomic E-state index is 11.1. The molecule has 0 aromatic carbocycles. The summed E-state index contributed by atoms with van der Waals surface area (Å²) in [5, 5.41) is 9.12. The number of hydrogen-bond donors (Lipinski definition) is 1. The van der Waals surface area contributed by atoms with Gasteiger partial charge in [-0.1, -0.05) is 20.8 Å². The van der Waals surface area contributed by atoms with Crippen molar-refractivity contribution in [3.8, 4) is 0 Å². The highest BCUT2D eigenvalue weighted by Gasteiger charge is 2.37. The fourth-order valence-corrected chi connectivity index (χ4v) is 2.61. The Kier molecular flexibility index (Phi) is 5.12. The summed E-state index contributed by atoms with van der Waals surface area (Å²) in [5.41, 5.74) is 0. The first-order valence-electron chi connectivity index (χ1n) is 6.34. The summed E-state index contributed by atoms with van der Waals surface area (Å²) >= 11 is 0. The predicted molar refractivity (Wildman–Crippen MR) is 63.7 cm³/mol. The van der Waals surface area contributed by atoms with E-state index in [0.717, 1.165) is 19.1 Å². The summed E-state index contributed by atoms with van der Waals surface area (Å²) in [6, 6.07) is 0. The maximum Gasteiger partial charge on any atom is 0.309 e. The lowest BCUT2D eigenvalue weighted by Crippen LogP contribution is -2.43. The van der Waals surface area contributed by atoms with Crippen LogP contribution in [-0.2, 0) is 14.3 Å². The Balaban J connectivity index is 2.72. The van der Waals surface area contributed by atoms with Gasteiger partial charge >= 0.3 is 5.97 Å². The highest BCUT2D eigenvalue weighted by Crippen LogP contribution is 2.32. The number of carbonyl (C=O) groups is 2. The van der Waals surface area contributed by atoms with Gasteiger partial charge in [-0.3, -0.25) is 4.79 Å². The molecule has 0 unspecified atom stereocenters.